The van der Waals surface area contributed by atoms with E-state index in [1.807, 2.05) is 121 Å². The molecule has 6 nitrogen and oxygen atoms in total. The average Bonchev–Trinajstić information content (AvgIpc) is 3.06. The molecule has 4 aromatic carbocycles. The van der Waals surface area contributed by atoms with Crippen LogP contribution in [0.5, 0.6) is 0 Å². The number of ether oxygens (including phenoxy) is 2. The summed E-state index contributed by atoms with van der Waals surface area (Å²) in [5.41, 5.74) is 3.29. The monoisotopic (exact) mass is 572 g/mol. The van der Waals surface area contributed by atoms with Crippen LogP contribution in [0.4, 0.5) is 0 Å². The Morgan fingerprint density at radius 3 is 1.10 bits per heavy atom. The van der Waals surface area contributed by atoms with Gasteiger partial charge in [0.15, 0.2) is 9.84 Å². The highest BCUT2D eigenvalue weighted by molar-refractivity contribution is 7.92. The molecule has 0 spiro atoms. The van der Waals surface area contributed by atoms with Crippen LogP contribution >= 0.6 is 0 Å². The van der Waals surface area contributed by atoms with Crippen LogP contribution in [0, 0.1) is 0 Å². The maximum absolute atomic E-state index is 14.7. The van der Waals surface area contributed by atoms with Gasteiger partial charge in [-0.1, -0.05) is 121 Å². The van der Waals surface area contributed by atoms with Gasteiger partial charge in [0.2, 0.25) is 0 Å². The quantitative estimate of drug-likeness (QED) is 0.290. The molecule has 1 aliphatic heterocycles. The minimum Gasteiger partial charge on any atom is -0.388 e. The molecule has 5 rings (SSSR count). The van der Waals surface area contributed by atoms with Crippen LogP contribution in [-0.2, 0) is 45.4 Å². The number of aliphatic hydroxyl groups is 2. The Bertz CT molecular complexity index is 1340. The first-order chi connectivity index (χ1) is 19.9. The second-order valence-electron chi connectivity index (χ2n) is 10.5. The van der Waals surface area contributed by atoms with E-state index in [0.29, 0.717) is 0 Å². The molecule has 0 saturated carbocycles. The molecule has 1 heterocycles. The van der Waals surface area contributed by atoms with Gasteiger partial charge in [0.25, 0.3) is 0 Å². The smallest absolute Gasteiger partial charge is 0.161 e. The molecule has 6 atom stereocenters. The minimum atomic E-state index is -4.04. The van der Waals surface area contributed by atoms with Gasteiger partial charge in [-0.3, -0.25) is 0 Å². The summed E-state index contributed by atoms with van der Waals surface area (Å²) >= 11 is 0. The molecule has 41 heavy (non-hydrogen) atoms. The Labute approximate surface area is 242 Å². The molecule has 1 saturated heterocycles. The highest BCUT2D eigenvalue weighted by Crippen LogP contribution is 2.34. The van der Waals surface area contributed by atoms with E-state index >= 15 is 0 Å². The number of hydrogen-bond acceptors (Lipinski definition) is 6. The lowest BCUT2D eigenvalue weighted by Crippen LogP contribution is -2.49. The summed E-state index contributed by atoms with van der Waals surface area (Å²) in [4.78, 5) is 0. The molecule has 0 aliphatic carbocycles. The molecule has 0 amide bonds. The summed E-state index contributed by atoms with van der Waals surface area (Å²) in [6, 6.07) is 37.4. The van der Waals surface area contributed by atoms with Crippen LogP contribution in [0.3, 0.4) is 0 Å². The van der Waals surface area contributed by atoms with Crippen molar-refractivity contribution in [1.29, 1.82) is 0 Å². The van der Waals surface area contributed by atoms with Gasteiger partial charge >= 0.3 is 0 Å². The van der Waals surface area contributed by atoms with E-state index in [1.165, 1.54) is 0 Å². The number of aliphatic hydroxyl groups excluding tert-OH is 2. The number of sulfone groups is 1. The molecular formula is C34H36O6S. The molecule has 0 unspecified atom stereocenters. The zero-order valence-corrected chi connectivity index (χ0v) is 23.6. The summed E-state index contributed by atoms with van der Waals surface area (Å²) in [6.07, 6.45) is -5.10. The Balaban J connectivity index is 1.55. The lowest BCUT2D eigenvalue weighted by atomic mass is 9.94. The molecule has 1 fully saturated rings. The SMILES string of the molecule is O=S1(=O)[C@H](Cc2ccccc2)[C@H](OCc2ccccc2)[C@H](O)[C@@H](O)[C@@H](OCc2ccccc2)[C@@H]1Cc1ccccc1. The summed E-state index contributed by atoms with van der Waals surface area (Å²) < 4.78 is 41.8. The largest absolute Gasteiger partial charge is 0.388 e. The molecule has 0 radical (unpaired) electrons. The first-order valence-corrected chi connectivity index (χ1v) is 15.5. The van der Waals surface area contributed by atoms with Crippen LogP contribution < -0.4 is 0 Å². The first kappa shape index (κ1) is 29.2. The topological polar surface area (TPSA) is 93.1 Å². The van der Waals surface area contributed by atoms with E-state index < -0.39 is 44.8 Å². The highest BCUT2D eigenvalue weighted by Gasteiger charge is 2.54. The highest BCUT2D eigenvalue weighted by atomic mass is 32.2. The third kappa shape index (κ3) is 7.12. The Kier molecular flexibility index (Phi) is 9.64. The number of benzene rings is 4. The standard InChI is InChI=1S/C34H36O6S/c35-31-32(36)34(40-24-28-19-11-4-12-20-28)30(22-26-15-7-2-8-16-26)41(37,38)29(21-25-13-5-1-6-14-25)33(31)39-23-27-17-9-3-10-18-27/h1-20,29-36H,21-24H2/t29-,30+,31-,32-,33+,34+/m1/s1. The van der Waals surface area contributed by atoms with Crippen LogP contribution in [0.25, 0.3) is 0 Å². The summed E-state index contributed by atoms with van der Waals surface area (Å²) in [6.45, 7) is 0.184. The maximum atomic E-state index is 14.7. The third-order valence-electron chi connectivity index (χ3n) is 7.73. The van der Waals surface area contributed by atoms with Gasteiger partial charge < -0.3 is 19.7 Å². The summed E-state index contributed by atoms with van der Waals surface area (Å²) in [7, 11) is -4.04. The van der Waals surface area contributed by atoms with Crippen molar-refractivity contribution in [3.8, 4) is 0 Å². The van der Waals surface area contributed by atoms with Crippen molar-refractivity contribution in [3.05, 3.63) is 144 Å². The fourth-order valence-corrected chi connectivity index (χ4v) is 8.05. The first-order valence-electron chi connectivity index (χ1n) is 13.9. The molecule has 0 aromatic heterocycles. The van der Waals surface area contributed by atoms with E-state index in [0.717, 1.165) is 22.3 Å². The minimum absolute atomic E-state index is 0.0922. The molecule has 7 heteroatoms. The molecule has 214 valence electrons. The van der Waals surface area contributed by atoms with Crippen LogP contribution in [0.15, 0.2) is 121 Å². The van der Waals surface area contributed by atoms with Crippen molar-refractivity contribution in [1.82, 2.24) is 0 Å². The summed E-state index contributed by atoms with van der Waals surface area (Å²) in [5, 5.41) is 21.0. The van der Waals surface area contributed by atoms with E-state index in [4.69, 9.17) is 9.47 Å². The number of hydrogen-bond donors (Lipinski definition) is 2. The van der Waals surface area contributed by atoms with E-state index in [1.54, 1.807) is 0 Å². The summed E-state index contributed by atoms with van der Waals surface area (Å²) in [5.74, 6) is 0. The van der Waals surface area contributed by atoms with Crippen molar-refractivity contribution in [2.45, 2.75) is 61.0 Å². The van der Waals surface area contributed by atoms with Crippen LogP contribution in [0.1, 0.15) is 22.3 Å². The molecular weight excluding hydrogens is 536 g/mol. The lowest BCUT2D eigenvalue weighted by Gasteiger charge is -2.30. The molecule has 0 bridgehead atoms. The van der Waals surface area contributed by atoms with E-state index in [2.05, 4.69) is 0 Å². The van der Waals surface area contributed by atoms with Crippen molar-refractivity contribution in [2.24, 2.45) is 0 Å². The van der Waals surface area contributed by atoms with Crippen LogP contribution in [-0.4, -0.2) is 53.5 Å². The van der Waals surface area contributed by atoms with Crippen molar-refractivity contribution in [3.63, 3.8) is 0 Å². The molecule has 4 aromatic rings. The van der Waals surface area contributed by atoms with Gasteiger partial charge in [-0.05, 0) is 35.1 Å². The molecule has 1 aliphatic rings. The molecule has 2 N–H and O–H groups in total. The lowest BCUT2D eigenvalue weighted by molar-refractivity contribution is -0.139. The fraction of sp³-hybridized carbons (Fsp3) is 0.294. The zero-order chi connectivity index (χ0) is 28.7. The predicted molar refractivity (Wildman–Crippen MR) is 159 cm³/mol. The van der Waals surface area contributed by atoms with Gasteiger partial charge in [0.1, 0.15) is 24.4 Å². The van der Waals surface area contributed by atoms with Gasteiger partial charge in [0.05, 0.1) is 23.7 Å². The number of rotatable bonds is 10. The third-order valence-corrected chi connectivity index (χ3v) is 10.3. The second-order valence-corrected chi connectivity index (χ2v) is 12.9. The Hall–Kier alpha value is -3.33. The van der Waals surface area contributed by atoms with Gasteiger partial charge in [-0.15, -0.1) is 0 Å². The fourth-order valence-electron chi connectivity index (χ4n) is 5.53. The van der Waals surface area contributed by atoms with Gasteiger partial charge in [0, 0.05) is 0 Å². The van der Waals surface area contributed by atoms with Crippen molar-refractivity contribution < 1.29 is 28.1 Å². The zero-order valence-electron chi connectivity index (χ0n) is 22.8. The van der Waals surface area contributed by atoms with Crippen molar-refractivity contribution >= 4 is 9.84 Å². The Morgan fingerprint density at radius 2 is 0.780 bits per heavy atom. The predicted octanol–water partition coefficient (Wildman–Crippen LogP) is 4.53. The average molecular weight is 573 g/mol. The maximum Gasteiger partial charge on any atom is 0.161 e. The van der Waals surface area contributed by atoms with Crippen LogP contribution in [0.2, 0.25) is 0 Å². The van der Waals surface area contributed by atoms with E-state index in [-0.39, 0.29) is 26.1 Å². The van der Waals surface area contributed by atoms with Gasteiger partial charge in [-0.2, -0.15) is 0 Å². The normalized spacial score (nSPS) is 25.8. The van der Waals surface area contributed by atoms with Gasteiger partial charge in [-0.25, -0.2) is 8.42 Å². The second kappa shape index (κ2) is 13.6. The van der Waals surface area contributed by atoms with E-state index in [9.17, 15) is 18.6 Å². The Morgan fingerprint density at radius 1 is 0.488 bits per heavy atom. The van der Waals surface area contributed by atoms with Crippen molar-refractivity contribution in [2.75, 3.05) is 0 Å².